The SMILES string of the molecule is CCC(C)N(C)Cc1cccc(C#CCN)c1. The van der Waals surface area contributed by atoms with Gasteiger partial charge in [0.05, 0.1) is 6.54 Å². The van der Waals surface area contributed by atoms with E-state index < -0.39 is 0 Å². The van der Waals surface area contributed by atoms with E-state index in [2.05, 4.69) is 55.8 Å². The number of benzene rings is 1. The van der Waals surface area contributed by atoms with Crippen LogP contribution in [0.3, 0.4) is 0 Å². The van der Waals surface area contributed by atoms with Gasteiger partial charge in [-0.25, -0.2) is 0 Å². The Bertz CT molecular complexity index is 401. The fraction of sp³-hybridized carbons (Fsp3) is 0.467. The van der Waals surface area contributed by atoms with Crippen LogP contribution in [0, 0.1) is 11.8 Å². The van der Waals surface area contributed by atoms with Gasteiger partial charge in [-0.1, -0.05) is 30.9 Å². The van der Waals surface area contributed by atoms with Crippen molar-refractivity contribution in [1.82, 2.24) is 4.90 Å². The van der Waals surface area contributed by atoms with Gasteiger partial charge in [-0.05, 0) is 38.1 Å². The first-order valence-corrected chi connectivity index (χ1v) is 6.15. The largest absolute Gasteiger partial charge is 0.320 e. The minimum absolute atomic E-state index is 0.414. The monoisotopic (exact) mass is 230 g/mol. The summed E-state index contributed by atoms with van der Waals surface area (Å²) in [6.45, 7) is 5.84. The molecule has 0 saturated carbocycles. The molecule has 0 aliphatic heterocycles. The van der Waals surface area contributed by atoms with Crippen molar-refractivity contribution in [2.45, 2.75) is 32.9 Å². The first-order chi connectivity index (χ1) is 8.17. The van der Waals surface area contributed by atoms with Crippen molar-refractivity contribution in [2.24, 2.45) is 5.73 Å². The third-order valence-corrected chi connectivity index (χ3v) is 3.04. The highest BCUT2D eigenvalue weighted by Gasteiger charge is 2.06. The normalized spacial score (nSPS) is 12.1. The van der Waals surface area contributed by atoms with Gasteiger partial charge in [-0.2, -0.15) is 0 Å². The Morgan fingerprint density at radius 1 is 1.41 bits per heavy atom. The molecule has 0 aromatic heterocycles. The molecule has 0 bridgehead atoms. The van der Waals surface area contributed by atoms with Gasteiger partial charge >= 0.3 is 0 Å². The lowest BCUT2D eigenvalue weighted by atomic mass is 10.1. The lowest BCUT2D eigenvalue weighted by Gasteiger charge is -2.23. The van der Waals surface area contributed by atoms with Crippen LogP contribution in [0.2, 0.25) is 0 Å². The second kappa shape index (κ2) is 7.11. The maximum atomic E-state index is 5.37. The Balaban J connectivity index is 2.72. The van der Waals surface area contributed by atoms with Gasteiger partial charge in [-0.3, -0.25) is 4.90 Å². The van der Waals surface area contributed by atoms with Gasteiger partial charge in [0.15, 0.2) is 0 Å². The van der Waals surface area contributed by atoms with Crippen molar-refractivity contribution in [3.05, 3.63) is 35.4 Å². The van der Waals surface area contributed by atoms with Crippen molar-refractivity contribution in [2.75, 3.05) is 13.6 Å². The second-order valence-corrected chi connectivity index (χ2v) is 4.38. The molecular weight excluding hydrogens is 208 g/mol. The highest BCUT2D eigenvalue weighted by Crippen LogP contribution is 2.10. The topological polar surface area (TPSA) is 29.3 Å². The third kappa shape index (κ3) is 4.60. The Morgan fingerprint density at radius 2 is 2.18 bits per heavy atom. The predicted octanol–water partition coefficient (Wildman–Crippen LogP) is 2.23. The number of nitrogens with two attached hydrogens (primary N) is 1. The molecule has 2 nitrogen and oxygen atoms in total. The molecule has 0 heterocycles. The molecule has 92 valence electrons. The average Bonchev–Trinajstić information content (AvgIpc) is 2.35. The van der Waals surface area contributed by atoms with Gasteiger partial charge in [0.1, 0.15) is 0 Å². The number of nitrogens with zero attached hydrogens (tertiary/aromatic N) is 1. The average molecular weight is 230 g/mol. The quantitative estimate of drug-likeness (QED) is 0.804. The zero-order chi connectivity index (χ0) is 12.7. The van der Waals surface area contributed by atoms with Crippen LogP contribution in [0.1, 0.15) is 31.4 Å². The summed E-state index contributed by atoms with van der Waals surface area (Å²) in [4.78, 5) is 2.36. The first-order valence-electron chi connectivity index (χ1n) is 6.15. The minimum atomic E-state index is 0.414. The summed E-state index contributed by atoms with van der Waals surface area (Å²) in [5.74, 6) is 5.95. The van der Waals surface area contributed by atoms with E-state index >= 15 is 0 Å². The number of hydrogen-bond acceptors (Lipinski definition) is 2. The highest BCUT2D eigenvalue weighted by atomic mass is 15.1. The van der Waals surface area contributed by atoms with E-state index in [1.54, 1.807) is 0 Å². The van der Waals surface area contributed by atoms with Crippen LogP contribution in [0.15, 0.2) is 24.3 Å². The molecule has 2 heteroatoms. The predicted molar refractivity (Wildman–Crippen MR) is 73.6 cm³/mol. The standard InChI is InChI=1S/C15H22N2/c1-4-13(2)17(3)12-15-8-5-7-14(11-15)9-6-10-16/h5,7-8,11,13H,4,10,12,16H2,1-3H3. The molecule has 0 amide bonds. The van der Waals surface area contributed by atoms with E-state index in [1.807, 2.05) is 6.07 Å². The Kier molecular flexibility index (Phi) is 5.76. The fourth-order valence-corrected chi connectivity index (χ4v) is 1.66. The summed E-state index contributed by atoms with van der Waals surface area (Å²) in [5.41, 5.74) is 7.72. The molecule has 17 heavy (non-hydrogen) atoms. The number of rotatable bonds is 4. The molecular formula is C15H22N2. The molecule has 0 saturated heterocycles. The lowest BCUT2D eigenvalue weighted by molar-refractivity contribution is 0.244. The van der Waals surface area contributed by atoms with E-state index in [0.29, 0.717) is 12.6 Å². The molecule has 1 rings (SSSR count). The van der Waals surface area contributed by atoms with E-state index in [4.69, 9.17) is 5.73 Å². The van der Waals surface area contributed by atoms with Crippen molar-refractivity contribution in [3.8, 4) is 11.8 Å². The van der Waals surface area contributed by atoms with Crippen LogP contribution in [0.4, 0.5) is 0 Å². The zero-order valence-electron chi connectivity index (χ0n) is 11.0. The van der Waals surface area contributed by atoms with Crippen LogP contribution >= 0.6 is 0 Å². The van der Waals surface area contributed by atoms with Gasteiger partial charge < -0.3 is 5.73 Å². The summed E-state index contributed by atoms with van der Waals surface area (Å²) in [6.07, 6.45) is 1.17. The van der Waals surface area contributed by atoms with Crippen molar-refractivity contribution in [3.63, 3.8) is 0 Å². The molecule has 1 atom stereocenters. The number of hydrogen-bond donors (Lipinski definition) is 1. The molecule has 0 radical (unpaired) electrons. The van der Waals surface area contributed by atoms with E-state index in [0.717, 1.165) is 12.1 Å². The van der Waals surface area contributed by atoms with Crippen molar-refractivity contribution in [1.29, 1.82) is 0 Å². The van der Waals surface area contributed by atoms with Gasteiger partial charge in [0.25, 0.3) is 0 Å². The minimum Gasteiger partial charge on any atom is -0.320 e. The third-order valence-electron chi connectivity index (χ3n) is 3.04. The summed E-state index contributed by atoms with van der Waals surface area (Å²) < 4.78 is 0. The summed E-state index contributed by atoms with van der Waals surface area (Å²) in [6, 6.07) is 8.97. The van der Waals surface area contributed by atoms with Crippen LogP contribution in [-0.4, -0.2) is 24.5 Å². The molecule has 1 aromatic carbocycles. The lowest BCUT2D eigenvalue weighted by Crippen LogP contribution is -2.27. The van der Waals surface area contributed by atoms with Crippen molar-refractivity contribution >= 4 is 0 Å². The van der Waals surface area contributed by atoms with E-state index in [1.165, 1.54) is 12.0 Å². The van der Waals surface area contributed by atoms with E-state index in [-0.39, 0.29) is 0 Å². The molecule has 0 spiro atoms. The fourth-order valence-electron chi connectivity index (χ4n) is 1.66. The summed E-state index contributed by atoms with van der Waals surface area (Å²) in [7, 11) is 2.16. The molecule has 2 N–H and O–H groups in total. The molecule has 1 aromatic rings. The summed E-state index contributed by atoms with van der Waals surface area (Å²) >= 11 is 0. The smallest absolute Gasteiger partial charge is 0.0555 e. The maximum absolute atomic E-state index is 5.37. The van der Waals surface area contributed by atoms with Gasteiger partial charge in [-0.15, -0.1) is 0 Å². The van der Waals surface area contributed by atoms with E-state index in [9.17, 15) is 0 Å². The first kappa shape index (κ1) is 13.8. The van der Waals surface area contributed by atoms with Gasteiger partial charge in [0, 0.05) is 18.2 Å². The van der Waals surface area contributed by atoms with Gasteiger partial charge in [0.2, 0.25) is 0 Å². The maximum Gasteiger partial charge on any atom is 0.0555 e. The molecule has 0 aliphatic carbocycles. The Hall–Kier alpha value is -1.30. The van der Waals surface area contributed by atoms with Crippen LogP contribution < -0.4 is 5.73 Å². The summed E-state index contributed by atoms with van der Waals surface area (Å²) in [5, 5.41) is 0. The Morgan fingerprint density at radius 3 is 2.82 bits per heavy atom. The highest BCUT2D eigenvalue weighted by molar-refractivity contribution is 5.37. The zero-order valence-corrected chi connectivity index (χ0v) is 11.0. The van der Waals surface area contributed by atoms with Crippen LogP contribution in [-0.2, 0) is 6.54 Å². The Labute approximate surface area is 105 Å². The van der Waals surface area contributed by atoms with Crippen LogP contribution in [0.25, 0.3) is 0 Å². The molecule has 1 unspecified atom stereocenters. The molecule has 0 fully saturated rings. The second-order valence-electron chi connectivity index (χ2n) is 4.38. The molecule has 0 aliphatic rings. The van der Waals surface area contributed by atoms with Crippen molar-refractivity contribution < 1.29 is 0 Å². The van der Waals surface area contributed by atoms with Crippen LogP contribution in [0.5, 0.6) is 0 Å².